The van der Waals surface area contributed by atoms with E-state index in [4.69, 9.17) is 0 Å². The number of fused-ring (bicyclic) bond motifs is 1. The van der Waals surface area contributed by atoms with E-state index in [1.54, 1.807) is 0 Å². The molecule has 0 bridgehead atoms. The largest absolute Gasteiger partial charge is 0.355 e. The Morgan fingerprint density at radius 3 is 2.33 bits per heavy atom. The lowest BCUT2D eigenvalue weighted by molar-refractivity contribution is 0.221. The van der Waals surface area contributed by atoms with E-state index < -0.39 is 0 Å². The van der Waals surface area contributed by atoms with Crippen molar-refractivity contribution in [1.82, 2.24) is 4.90 Å². The second-order valence-electron chi connectivity index (χ2n) is 4.94. The molecular formula is C16H18N2. The van der Waals surface area contributed by atoms with Gasteiger partial charge < -0.3 is 4.90 Å². The molecule has 3 rings (SSSR count). The van der Waals surface area contributed by atoms with Crippen molar-refractivity contribution in [3.8, 4) is 0 Å². The minimum atomic E-state index is 0.320. The number of rotatable bonds is 1. The number of benzene rings is 2. The molecule has 2 heteroatoms. The molecule has 0 aromatic heterocycles. The van der Waals surface area contributed by atoms with Crippen molar-refractivity contribution in [3.63, 3.8) is 0 Å². The lowest BCUT2D eigenvalue weighted by Gasteiger charge is -2.42. The minimum absolute atomic E-state index is 0.320. The Bertz CT molecular complexity index is 536. The number of anilines is 1. The second kappa shape index (κ2) is 4.46. The molecule has 1 aliphatic rings. The maximum atomic E-state index is 2.39. The number of hydrogen-bond donors (Lipinski definition) is 0. The van der Waals surface area contributed by atoms with E-state index in [9.17, 15) is 0 Å². The van der Waals surface area contributed by atoms with Crippen LogP contribution in [0.3, 0.4) is 0 Å². The van der Waals surface area contributed by atoms with Crippen molar-refractivity contribution in [2.45, 2.75) is 12.7 Å². The molecule has 0 radical (unpaired) electrons. The molecule has 92 valence electrons. The van der Waals surface area contributed by atoms with Gasteiger partial charge in [0, 0.05) is 19.3 Å². The van der Waals surface area contributed by atoms with Gasteiger partial charge in [0.15, 0.2) is 0 Å². The van der Waals surface area contributed by atoms with Crippen molar-refractivity contribution < 1.29 is 0 Å². The van der Waals surface area contributed by atoms with Crippen LogP contribution >= 0.6 is 0 Å². The smallest absolute Gasteiger partial charge is 0.108 e. The predicted molar refractivity (Wildman–Crippen MR) is 75.5 cm³/mol. The molecule has 0 spiro atoms. The molecule has 2 aromatic carbocycles. The van der Waals surface area contributed by atoms with E-state index in [0.29, 0.717) is 6.17 Å². The fraction of sp³-hybridized carbons (Fsp3) is 0.250. The van der Waals surface area contributed by atoms with Gasteiger partial charge in [-0.2, -0.15) is 0 Å². The van der Waals surface area contributed by atoms with Crippen LogP contribution in [0.1, 0.15) is 17.3 Å². The van der Waals surface area contributed by atoms with E-state index in [2.05, 4.69) is 78.5 Å². The van der Waals surface area contributed by atoms with E-state index >= 15 is 0 Å². The predicted octanol–water partition coefficient (Wildman–Crippen LogP) is 3.27. The highest BCUT2D eigenvalue weighted by Gasteiger charge is 2.28. The lowest BCUT2D eigenvalue weighted by atomic mass is 10.0. The Balaban J connectivity index is 2.03. The molecule has 2 aromatic rings. The van der Waals surface area contributed by atoms with Gasteiger partial charge in [0.05, 0.1) is 0 Å². The summed E-state index contributed by atoms with van der Waals surface area (Å²) in [4.78, 5) is 4.74. The highest BCUT2D eigenvalue weighted by atomic mass is 15.4. The van der Waals surface area contributed by atoms with E-state index in [-0.39, 0.29) is 0 Å². The summed E-state index contributed by atoms with van der Waals surface area (Å²) in [5, 5.41) is 0. The SMILES string of the molecule is CN1Cc2ccccc2N(C)C1c1ccccc1. The molecule has 1 atom stereocenters. The Morgan fingerprint density at radius 2 is 1.56 bits per heavy atom. The van der Waals surface area contributed by atoms with Crippen molar-refractivity contribution in [2.24, 2.45) is 0 Å². The van der Waals surface area contributed by atoms with Crippen molar-refractivity contribution >= 4 is 5.69 Å². The van der Waals surface area contributed by atoms with Gasteiger partial charge in [0.2, 0.25) is 0 Å². The monoisotopic (exact) mass is 238 g/mol. The first-order chi connectivity index (χ1) is 8.77. The first-order valence-corrected chi connectivity index (χ1v) is 6.33. The molecule has 0 amide bonds. The normalized spacial score (nSPS) is 19.7. The third-order valence-corrected chi connectivity index (χ3v) is 3.67. The van der Waals surface area contributed by atoms with Crippen LogP contribution in [0.4, 0.5) is 5.69 Å². The molecular weight excluding hydrogens is 220 g/mol. The molecule has 0 saturated heterocycles. The van der Waals surface area contributed by atoms with Gasteiger partial charge >= 0.3 is 0 Å². The summed E-state index contributed by atoms with van der Waals surface area (Å²) in [5.74, 6) is 0. The fourth-order valence-electron chi connectivity index (χ4n) is 2.87. The van der Waals surface area contributed by atoms with Crippen LogP contribution in [0.25, 0.3) is 0 Å². The zero-order valence-electron chi connectivity index (χ0n) is 10.9. The highest BCUT2D eigenvalue weighted by Crippen LogP contribution is 2.36. The standard InChI is InChI=1S/C16H18N2/c1-17-12-14-10-6-7-11-15(14)18(2)16(17)13-8-4-3-5-9-13/h3-11,16H,12H2,1-2H3. The molecule has 0 N–H and O–H groups in total. The summed E-state index contributed by atoms with van der Waals surface area (Å²) in [5.41, 5.74) is 4.08. The molecule has 0 saturated carbocycles. The van der Waals surface area contributed by atoms with Gasteiger partial charge in [-0.3, -0.25) is 4.90 Å². The molecule has 18 heavy (non-hydrogen) atoms. The Kier molecular flexibility index (Phi) is 2.80. The second-order valence-corrected chi connectivity index (χ2v) is 4.94. The van der Waals surface area contributed by atoms with Crippen LogP contribution in [0.5, 0.6) is 0 Å². The molecule has 2 nitrogen and oxygen atoms in total. The van der Waals surface area contributed by atoms with Crippen molar-refractivity contribution in [1.29, 1.82) is 0 Å². The first-order valence-electron chi connectivity index (χ1n) is 6.33. The summed E-state index contributed by atoms with van der Waals surface area (Å²) in [6.07, 6.45) is 0.320. The number of hydrogen-bond acceptors (Lipinski definition) is 2. The first kappa shape index (κ1) is 11.3. The van der Waals surface area contributed by atoms with Crippen molar-refractivity contribution in [3.05, 3.63) is 65.7 Å². The van der Waals surface area contributed by atoms with Gasteiger partial charge in [0.1, 0.15) is 6.17 Å². The minimum Gasteiger partial charge on any atom is -0.355 e. The fourth-order valence-corrected chi connectivity index (χ4v) is 2.87. The average Bonchev–Trinajstić information content (AvgIpc) is 2.40. The molecule has 0 aliphatic carbocycles. The molecule has 1 unspecified atom stereocenters. The van der Waals surface area contributed by atoms with Crippen LogP contribution in [0.15, 0.2) is 54.6 Å². The Morgan fingerprint density at radius 1 is 0.889 bits per heavy atom. The Labute approximate surface area is 108 Å². The number of para-hydroxylation sites is 1. The molecule has 1 heterocycles. The molecule has 1 aliphatic heterocycles. The van der Waals surface area contributed by atoms with Gasteiger partial charge in [-0.1, -0.05) is 48.5 Å². The topological polar surface area (TPSA) is 6.48 Å². The third kappa shape index (κ3) is 1.79. The zero-order chi connectivity index (χ0) is 12.5. The maximum absolute atomic E-state index is 2.39. The lowest BCUT2D eigenvalue weighted by Crippen LogP contribution is -2.41. The summed E-state index contributed by atoms with van der Waals surface area (Å²) in [7, 11) is 4.36. The third-order valence-electron chi connectivity index (χ3n) is 3.67. The van der Waals surface area contributed by atoms with Crippen LogP contribution < -0.4 is 4.90 Å². The van der Waals surface area contributed by atoms with Crippen LogP contribution in [-0.4, -0.2) is 19.0 Å². The summed E-state index contributed by atoms with van der Waals surface area (Å²) >= 11 is 0. The summed E-state index contributed by atoms with van der Waals surface area (Å²) < 4.78 is 0. The van der Waals surface area contributed by atoms with Crippen molar-refractivity contribution in [2.75, 3.05) is 19.0 Å². The van der Waals surface area contributed by atoms with Gasteiger partial charge in [-0.15, -0.1) is 0 Å². The van der Waals surface area contributed by atoms with Crippen LogP contribution in [0, 0.1) is 0 Å². The molecule has 0 fully saturated rings. The highest BCUT2D eigenvalue weighted by molar-refractivity contribution is 5.56. The van der Waals surface area contributed by atoms with Crippen LogP contribution in [-0.2, 0) is 6.54 Å². The van der Waals surface area contributed by atoms with E-state index in [1.165, 1.54) is 16.8 Å². The summed E-state index contributed by atoms with van der Waals surface area (Å²) in [6, 6.07) is 19.3. The number of nitrogens with zero attached hydrogens (tertiary/aromatic N) is 2. The Hall–Kier alpha value is -1.80. The summed E-state index contributed by atoms with van der Waals surface area (Å²) in [6.45, 7) is 1.00. The van der Waals surface area contributed by atoms with Gasteiger partial charge in [-0.25, -0.2) is 0 Å². The van der Waals surface area contributed by atoms with E-state index in [0.717, 1.165) is 6.54 Å². The quantitative estimate of drug-likeness (QED) is 0.752. The maximum Gasteiger partial charge on any atom is 0.108 e. The average molecular weight is 238 g/mol. The van der Waals surface area contributed by atoms with Crippen LogP contribution in [0.2, 0.25) is 0 Å². The zero-order valence-corrected chi connectivity index (χ0v) is 10.9. The van der Waals surface area contributed by atoms with Gasteiger partial charge in [0.25, 0.3) is 0 Å². The van der Waals surface area contributed by atoms with E-state index in [1.807, 2.05) is 0 Å². The van der Waals surface area contributed by atoms with Gasteiger partial charge in [-0.05, 0) is 24.2 Å².